The molecule has 14 heteroatoms. The monoisotopic (exact) mass is 520 g/mol. The molecule has 1 fully saturated rings. The predicted molar refractivity (Wildman–Crippen MR) is 111 cm³/mol. The van der Waals surface area contributed by atoms with Crippen LogP contribution >= 0.6 is 0 Å². The number of nitrogens with zero attached hydrogens (tertiary/aromatic N) is 2. The quantitative estimate of drug-likeness (QED) is 0.465. The van der Waals surface area contributed by atoms with Crippen LogP contribution in [0, 0.1) is 5.82 Å². The highest BCUT2D eigenvalue weighted by Gasteiger charge is 2.40. The Kier molecular flexibility index (Phi) is 6.84. The van der Waals surface area contributed by atoms with Crippen LogP contribution in [0.25, 0.3) is 0 Å². The molecule has 1 saturated heterocycles. The number of halogens is 7. The van der Waals surface area contributed by atoms with Crippen LogP contribution in [0.3, 0.4) is 0 Å². The van der Waals surface area contributed by atoms with E-state index in [-0.39, 0.29) is 30.7 Å². The molecule has 7 nitrogen and oxygen atoms in total. The van der Waals surface area contributed by atoms with E-state index in [1.54, 1.807) is 4.90 Å². The van der Waals surface area contributed by atoms with Crippen molar-refractivity contribution in [1.29, 1.82) is 0 Å². The zero-order valence-electron chi connectivity index (χ0n) is 18.5. The van der Waals surface area contributed by atoms with Crippen LogP contribution in [-0.4, -0.2) is 34.6 Å². The Hall–Kier alpha value is -3.39. The molecule has 0 radical (unpaired) electrons. The predicted octanol–water partition coefficient (Wildman–Crippen LogP) is 4.96. The molecule has 1 aliphatic rings. The standard InChI is InChI=1S/C22H19F7N4O3/c1-11(13-8-14(21(24,25)26)10-15(9-13)22(27,28)29)36-18-17(12-2-4-16(23)5-3-12)33(6-7-35-18)19-30-20(34)32-31-19/h2-5,8-11,17-18H,6-7H2,1H3,(H2,30,31,32,34)/t11?,17-,18+/m0/s1. The molecule has 0 spiro atoms. The van der Waals surface area contributed by atoms with Crippen LogP contribution in [-0.2, 0) is 21.8 Å². The van der Waals surface area contributed by atoms with Gasteiger partial charge >= 0.3 is 18.0 Å². The van der Waals surface area contributed by atoms with Crippen LogP contribution < -0.4 is 10.6 Å². The molecule has 3 aromatic rings. The summed E-state index contributed by atoms with van der Waals surface area (Å²) < 4.78 is 105. The van der Waals surface area contributed by atoms with E-state index in [2.05, 4.69) is 15.2 Å². The van der Waals surface area contributed by atoms with E-state index in [4.69, 9.17) is 9.47 Å². The number of nitrogens with one attached hydrogen (secondary N) is 2. The second kappa shape index (κ2) is 9.58. The van der Waals surface area contributed by atoms with Gasteiger partial charge in [-0.05, 0) is 48.4 Å². The van der Waals surface area contributed by atoms with Crippen LogP contribution in [0.5, 0.6) is 0 Å². The van der Waals surface area contributed by atoms with Crippen molar-refractivity contribution in [2.75, 3.05) is 18.1 Å². The highest BCUT2D eigenvalue weighted by molar-refractivity contribution is 5.38. The summed E-state index contributed by atoms with van der Waals surface area (Å²) in [5.41, 5.74) is -3.48. The Morgan fingerprint density at radius 3 is 2.19 bits per heavy atom. The molecule has 1 aromatic heterocycles. The van der Waals surface area contributed by atoms with Gasteiger partial charge in [0.2, 0.25) is 5.95 Å². The number of aromatic amines is 2. The largest absolute Gasteiger partial charge is 0.416 e. The van der Waals surface area contributed by atoms with Gasteiger partial charge in [0.1, 0.15) is 11.9 Å². The fraction of sp³-hybridized carbons (Fsp3) is 0.364. The number of morpholine rings is 1. The third-order valence-electron chi connectivity index (χ3n) is 5.60. The van der Waals surface area contributed by atoms with Crippen molar-refractivity contribution in [1.82, 2.24) is 15.2 Å². The highest BCUT2D eigenvalue weighted by Crippen LogP contribution is 2.40. The highest BCUT2D eigenvalue weighted by atomic mass is 19.4. The molecular weight excluding hydrogens is 501 g/mol. The Morgan fingerprint density at radius 1 is 1.06 bits per heavy atom. The maximum atomic E-state index is 13.5. The summed E-state index contributed by atoms with van der Waals surface area (Å²) in [5.74, 6) is -0.443. The molecule has 1 unspecified atom stereocenters. The average molecular weight is 520 g/mol. The maximum Gasteiger partial charge on any atom is 0.416 e. The van der Waals surface area contributed by atoms with Crippen molar-refractivity contribution >= 4 is 5.95 Å². The van der Waals surface area contributed by atoms with Gasteiger partial charge in [-0.25, -0.2) is 14.3 Å². The number of alkyl halides is 6. The molecule has 2 heterocycles. The summed E-state index contributed by atoms with van der Waals surface area (Å²) in [6.07, 6.45) is -12.5. The van der Waals surface area contributed by atoms with Gasteiger partial charge in [-0.2, -0.15) is 26.3 Å². The van der Waals surface area contributed by atoms with Gasteiger partial charge in [-0.1, -0.05) is 12.1 Å². The molecule has 2 aromatic carbocycles. The fourth-order valence-corrected chi connectivity index (χ4v) is 3.88. The number of aromatic nitrogens is 3. The second-order valence-corrected chi connectivity index (χ2v) is 8.05. The number of hydrogen-bond donors (Lipinski definition) is 2. The van der Waals surface area contributed by atoms with E-state index in [0.29, 0.717) is 17.7 Å². The van der Waals surface area contributed by atoms with Crippen molar-refractivity contribution in [2.45, 2.75) is 37.7 Å². The molecule has 1 aliphatic heterocycles. The first kappa shape index (κ1) is 25.7. The number of H-pyrrole nitrogens is 2. The molecule has 3 atom stereocenters. The van der Waals surface area contributed by atoms with Crippen LogP contribution in [0.4, 0.5) is 36.7 Å². The van der Waals surface area contributed by atoms with E-state index in [1.165, 1.54) is 19.1 Å². The number of hydrogen-bond acceptors (Lipinski definition) is 5. The molecule has 4 rings (SSSR count). The minimum atomic E-state index is -5.02. The van der Waals surface area contributed by atoms with Crippen LogP contribution in [0.15, 0.2) is 47.3 Å². The lowest BCUT2D eigenvalue weighted by molar-refractivity contribution is -0.192. The van der Waals surface area contributed by atoms with Crippen molar-refractivity contribution in [3.63, 3.8) is 0 Å². The van der Waals surface area contributed by atoms with Gasteiger partial charge in [-0.15, -0.1) is 5.10 Å². The lowest BCUT2D eigenvalue weighted by atomic mass is 10.0. The zero-order valence-corrected chi connectivity index (χ0v) is 18.5. The first-order valence-corrected chi connectivity index (χ1v) is 10.6. The van der Waals surface area contributed by atoms with Gasteiger partial charge in [0.15, 0.2) is 6.29 Å². The molecule has 0 saturated carbocycles. The zero-order chi connectivity index (χ0) is 26.3. The van der Waals surface area contributed by atoms with Gasteiger partial charge in [0.25, 0.3) is 0 Å². The minimum absolute atomic E-state index is 0.0281. The number of ether oxygens (including phenoxy) is 2. The Morgan fingerprint density at radius 2 is 1.67 bits per heavy atom. The third kappa shape index (κ3) is 5.54. The van der Waals surface area contributed by atoms with Crippen LogP contribution in [0.2, 0.25) is 0 Å². The molecule has 36 heavy (non-hydrogen) atoms. The van der Waals surface area contributed by atoms with E-state index < -0.39 is 53.4 Å². The molecular formula is C22H19F7N4O3. The summed E-state index contributed by atoms with van der Waals surface area (Å²) in [6.45, 7) is 1.51. The topological polar surface area (TPSA) is 83.2 Å². The van der Waals surface area contributed by atoms with Gasteiger partial charge in [0, 0.05) is 6.54 Å². The average Bonchev–Trinajstić information content (AvgIpc) is 3.24. The third-order valence-corrected chi connectivity index (χ3v) is 5.60. The molecule has 0 amide bonds. The first-order chi connectivity index (χ1) is 16.8. The summed E-state index contributed by atoms with van der Waals surface area (Å²) in [4.78, 5) is 15.6. The van der Waals surface area contributed by atoms with Crippen molar-refractivity contribution < 1.29 is 40.2 Å². The van der Waals surface area contributed by atoms with E-state index >= 15 is 0 Å². The van der Waals surface area contributed by atoms with Crippen LogP contribution in [0.1, 0.15) is 41.3 Å². The minimum Gasteiger partial charge on any atom is -0.348 e. The van der Waals surface area contributed by atoms with Gasteiger partial charge in [0.05, 0.1) is 23.8 Å². The Bertz CT molecular complexity index is 1220. The number of anilines is 1. The second-order valence-electron chi connectivity index (χ2n) is 8.05. The van der Waals surface area contributed by atoms with E-state index in [1.807, 2.05) is 0 Å². The lowest BCUT2D eigenvalue weighted by Gasteiger charge is -2.41. The molecule has 194 valence electrons. The normalized spacial score (nSPS) is 19.9. The molecule has 0 aliphatic carbocycles. The summed E-state index contributed by atoms with van der Waals surface area (Å²) in [7, 11) is 0. The maximum absolute atomic E-state index is 13.5. The number of benzene rings is 2. The fourth-order valence-electron chi connectivity index (χ4n) is 3.88. The Balaban J connectivity index is 1.70. The van der Waals surface area contributed by atoms with Gasteiger partial charge < -0.3 is 14.4 Å². The Labute approximate surface area is 198 Å². The van der Waals surface area contributed by atoms with E-state index in [0.717, 1.165) is 12.1 Å². The lowest BCUT2D eigenvalue weighted by Crippen LogP contribution is -2.47. The summed E-state index contributed by atoms with van der Waals surface area (Å²) in [6, 6.07) is 5.48. The van der Waals surface area contributed by atoms with Crippen molar-refractivity contribution in [3.8, 4) is 0 Å². The number of rotatable bonds is 5. The molecule has 2 N–H and O–H groups in total. The van der Waals surface area contributed by atoms with Crippen molar-refractivity contribution in [2.24, 2.45) is 0 Å². The van der Waals surface area contributed by atoms with Crippen molar-refractivity contribution in [3.05, 3.63) is 81.0 Å². The summed E-state index contributed by atoms with van der Waals surface area (Å²) in [5, 5.41) is 6.09. The molecule has 0 bridgehead atoms. The van der Waals surface area contributed by atoms with E-state index in [9.17, 15) is 35.5 Å². The first-order valence-electron chi connectivity index (χ1n) is 10.6. The smallest absolute Gasteiger partial charge is 0.348 e. The summed E-state index contributed by atoms with van der Waals surface area (Å²) >= 11 is 0. The SMILES string of the molecule is CC(O[C@H]1OCCN(c2n[nH]c(=O)[nH]2)[C@H]1c1ccc(F)cc1)c1cc(C(F)(F)F)cc(C(F)(F)F)c1. The van der Waals surface area contributed by atoms with Gasteiger partial charge in [-0.3, -0.25) is 4.98 Å².